The monoisotopic (exact) mass is 340 g/mol. The molecule has 3 rings (SSSR count). The quantitative estimate of drug-likeness (QED) is 0.665. The molecule has 0 N–H and O–H groups in total. The second-order valence-corrected chi connectivity index (χ2v) is 5.85. The number of benzene rings is 1. The van der Waals surface area contributed by atoms with Gasteiger partial charge in [-0.3, -0.25) is 9.59 Å². The third-order valence-corrected chi connectivity index (χ3v) is 4.17. The molecule has 0 unspecified atom stereocenters. The van der Waals surface area contributed by atoms with Gasteiger partial charge in [0.05, 0.1) is 29.6 Å². The van der Waals surface area contributed by atoms with E-state index in [0.717, 1.165) is 22.5 Å². The average molecular weight is 340 g/mol. The number of aryl methyl sites for hydroxylation is 3. The first kappa shape index (κ1) is 16.9. The summed E-state index contributed by atoms with van der Waals surface area (Å²) in [6, 6.07) is 9.67. The van der Waals surface area contributed by atoms with Gasteiger partial charge < -0.3 is 4.74 Å². The number of hydrogen-bond acceptors (Lipinski definition) is 5. The summed E-state index contributed by atoms with van der Waals surface area (Å²) in [6.07, 6.45) is 0.738. The Morgan fingerprint density at radius 1 is 1.16 bits per heavy atom. The van der Waals surface area contributed by atoms with Gasteiger partial charge in [-0.1, -0.05) is 18.2 Å². The van der Waals surface area contributed by atoms with E-state index >= 15 is 0 Å². The number of para-hydroxylation sites is 1. The predicted octanol–water partition coefficient (Wildman–Crippen LogP) is 2.15. The molecule has 0 aliphatic carbocycles. The topological polar surface area (TPSA) is 79.0 Å². The van der Waals surface area contributed by atoms with Gasteiger partial charge in [0, 0.05) is 13.0 Å². The number of methoxy groups -OCH3 is 1. The van der Waals surface area contributed by atoms with Crippen LogP contribution in [0.5, 0.6) is 0 Å². The van der Waals surface area contributed by atoms with Crippen molar-refractivity contribution < 1.29 is 9.53 Å². The fourth-order valence-corrected chi connectivity index (χ4v) is 2.93. The lowest BCUT2D eigenvalue weighted by Gasteiger charge is -2.06. The van der Waals surface area contributed by atoms with Crippen molar-refractivity contribution in [3.05, 3.63) is 52.1 Å². The highest BCUT2D eigenvalue weighted by molar-refractivity contribution is 5.83. The van der Waals surface area contributed by atoms with Crippen LogP contribution in [0.4, 0.5) is 0 Å². The number of hydrogen-bond donors (Lipinski definition) is 0. The Kier molecular flexibility index (Phi) is 4.65. The van der Waals surface area contributed by atoms with Crippen molar-refractivity contribution in [2.75, 3.05) is 7.11 Å². The molecule has 0 spiro atoms. The third kappa shape index (κ3) is 3.17. The molecule has 2 heterocycles. The molecular weight excluding hydrogens is 320 g/mol. The number of rotatable bonds is 5. The van der Waals surface area contributed by atoms with Crippen LogP contribution < -0.4 is 5.56 Å². The van der Waals surface area contributed by atoms with Crippen LogP contribution in [-0.4, -0.2) is 32.6 Å². The second-order valence-electron chi connectivity index (χ2n) is 5.85. The number of esters is 1. The van der Waals surface area contributed by atoms with E-state index in [1.54, 1.807) is 4.68 Å². The first-order chi connectivity index (χ1) is 12.0. The summed E-state index contributed by atoms with van der Waals surface area (Å²) in [4.78, 5) is 24.0. The molecule has 25 heavy (non-hydrogen) atoms. The molecule has 0 aliphatic rings. The zero-order chi connectivity index (χ0) is 18.0. The van der Waals surface area contributed by atoms with Crippen molar-refractivity contribution >= 4 is 16.9 Å². The lowest BCUT2D eigenvalue weighted by atomic mass is 10.2. The maximum Gasteiger partial charge on any atom is 0.305 e. The molecule has 0 saturated heterocycles. The van der Waals surface area contributed by atoms with Gasteiger partial charge in [-0.05, 0) is 32.4 Å². The largest absolute Gasteiger partial charge is 0.469 e. The van der Waals surface area contributed by atoms with E-state index in [9.17, 15) is 9.59 Å². The number of fused-ring (bicyclic) bond motifs is 1. The molecule has 0 saturated carbocycles. The maximum absolute atomic E-state index is 12.7. The maximum atomic E-state index is 12.7. The van der Waals surface area contributed by atoms with Crippen LogP contribution in [0.3, 0.4) is 0 Å². The van der Waals surface area contributed by atoms with Crippen molar-refractivity contribution in [1.29, 1.82) is 0 Å². The van der Waals surface area contributed by atoms with Gasteiger partial charge >= 0.3 is 5.97 Å². The minimum Gasteiger partial charge on any atom is -0.469 e. The molecule has 7 nitrogen and oxygen atoms in total. The Balaban J connectivity index is 2.02. The van der Waals surface area contributed by atoms with Crippen molar-refractivity contribution in [1.82, 2.24) is 19.6 Å². The number of ether oxygens (including phenoxy) is 1. The zero-order valence-electron chi connectivity index (χ0n) is 14.5. The van der Waals surface area contributed by atoms with E-state index in [0.29, 0.717) is 18.5 Å². The summed E-state index contributed by atoms with van der Waals surface area (Å²) in [6.45, 7) is 4.14. The first-order valence-electron chi connectivity index (χ1n) is 8.12. The molecule has 7 heteroatoms. The lowest BCUT2D eigenvalue weighted by molar-refractivity contribution is -0.140. The first-order valence-corrected chi connectivity index (χ1v) is 8.12. The number of carbonyl (C=O) groups excluding carboxylic acids is 1. The SMILES string of the molecule is COC(=O)CCCn1nc(C)c2c(C)n(-c3ccccc3)nc2c1=O. The molecule has 130 valence electrons. The van der Waals surface area contributed by atoms with E-state index in [4.69, 9.17) is 0 Å². The minimum absolute atomic E-state index is 0.247. The van der Waals surface area contributed by atoms with E-state index < -0.39 is 0 Å². The fraction of sp³-hybridized carbons (Fsp3) is 0.333. The highest BCUT2D eigenvalue weighted by Crippen LogP contribution is 2.20. The van der Waals surface area contributed by atoms with Gasteiger partial charge in [-0.2, -0.15) is 10.2 Å². The van der Waals surface area contributed by atoms with Crippen LogP contribution >= 0.6 is 0 Å². The fourth-order valence-electron chi connectivity index (χ4n) is 2.93. The summed E-state index contributed by atoms with van der Waals surface area (Å²) < 4.78 is 7.76. The molecule has 0 radical (unpaired) electrons. The Labute approximate surface area is 144 Å². The van der Waals surface area contributed by atoms with Crippen LogP contribution in [0.1, 0.15) is 24.2 Å². The Morgan fingerprint density at radius 2 is 1.88 bits per heavy atom. The molecule has 2 aromatic heterocycles. The highest BCUT2D eigenvalue weighted by atomic mass is 16.5. The average Bonchev–Trinajstić information content (AvgIpc) is 2.98. The van der Waals surface area contributed by atoms with E-state index in [1.807, 2.05) is 44.2 Å². The summed E-state index contributed by atoms with van der Waals surface area (Å²) in [7, 11) is 1.35. The molecule has 3 aromatic rings. The standard InChI is InChI=1S/C18H20N4O3/c1-12-16-13(2)22(14-8-5-4-6-9-14)20-17(16)18(24)21(19-12)11-7-10-15(23)25-3/h4-6,8-9H,7,10-11H2,1-3H3. The van der Waals surface area contributed by atoms with Crippen LogP contribution in [0.25, 0.3) is 16.6 Å². The summed E-state index contributed by atoms with van der Waals surface area (Å²) in [5.41, 5.74) is 2.67. The van der Waals surface area contributed by atoms with Crippen molar-refractivity contribution in [2.24, 2.45) is 0 Å². The van der Waals surface area contributed by atoms with Crippen LogP contribution in [0.15, 0.2) is 35.1 Å². The number of nitrogens with zero attached hydrogens (tertiary/aromatic N) is 4. The Morgan fingerprint density at radius 3 is 2.56 bits per heavy atom. The Hall–Kier alpha value is -2.96. The number of aromatic nitrogens is 4. The van der Waals surface area contributed by atoms with Gasteiger partial charge in [0.2, 0.25) is 0 Å². The summed E-state index contributed by atoms with van der Waals surface area (Å²) >= 11 is 0. The normalized spacial score (nSPS) is 11.0. The smallest absolute Gasteiger partial charge is 0.305 e. The molecule has 1 aromatic carbocycles. The zero-order valence-corrected chi connectivity index (χ0v) is 14.5. The van der Waals surface area contributed by atoms with E-state index in [1.165, 1.54) is 11.8 Å². The highest BCUT2D eigenvalue weighted by Gasteiger charge is 2.17. The van der Waals surface area contributed by atoms with Gasteiger partial charge in [0.15, 0.2) is 5.52 Å². The number of carbonyl (C=O) groups is 1. The van der Waals surface area contributed by atoms with Crippen molar-refractivity contribution in [3.63, 3.8) is 0 Å². The Bertz CT molecular complexity index is 973. The van der Waals surface area contributed by atoms with Crippen molar-refractivity contribution in [2.45, 2.75) is 33.2 Å². The molecular formula is C18H20N4O3. The third-order valence-electron chi connectivity index (χ3n) is 4.17. The second kappa shape index (κ2) is 6.88. The summed E-state index contributed by atoms with van der Waals surface area (Å²) in [5, 5.41) is 9.68. The van der Waals surface area contributed by atoms with E-state index in [-0.39, 0.29) is 17.9 Å². The predicted molar refractivity (Wildman–Crippen MR) is 93.8 cm³/mol. The van der Waals surface area contributed by atoms with E-state index in [2.05, 4.69) is 14.9 Å². The molecule has 0 atom stereocenters. The van der Waals surface area contributed by atoms with Crippen LogP contribution in [-0.2, 0) is 16.1 Å². The molecule has 0 aliphatic heterocycles. The molecule has 0 fully saturated rings. The van der Waals surface area contributed by atoms with Gasteiger partial charge in [0.1, 0.15) is 0 Å². The van der Waals surface area contributed by atoms with Gasteiger partial charge in [-0.15, -0.1) is 0 Å². The minimum atomic E-state index is -0.296. The van der Waals surface area contributed by atoms with Crippen LogP contribution in [0.2, 0.25) is 0 Å². The van der Waals surface area contributed by atoms with Crippen LogP contribution in [0, 0.1) is 13.8 Å². The van der Waals surface area contributed by atoms with Gasteiger partial charge in [-0.25, -0.2) is 9.36 Å². The van der Waals surface area contributed by atoms with Crippen molar-refractivity contribution in [3.8, 4) is 5.69 Å². The lowest BCUT2D eigenvalue weighted by Crippen LogP contribution is -2.24. The molecule has 0 amide bonds. The van der Waals surface area contributed by atoms with Gasteiger partial charge in [0.25, 0.3) is 5.56 Å². The summed E-state index contributed by atoms with van der Waals surface area (Å²) in [5.74, 6) is -0.296. The molecule has 0 bridgehead atoms.